The van der Waals surface area contributed by atoms with Crippen molar-refractivity contribution < 1.29 is 20.4 Å². The summed E-state index contributed by atoms with van der Waals surface area (Å²) in [5, 5.41) is 13.0. The average Bonchev–Trinajstić information content (AvgIpc) is 3.56. The summed E-state index contributed by atoms with van der Waals surface area (Å²) in [5.41, 5.74) is 1.89. The van der Waals surface area contributed by atoms with Crippen molar-refractivity contribution in [2.45, 2.75) is 25.2 Å². The molecule has 4 aromatic rings. The van der Waals surface area contributed by atoms with Crippen molar-refractivity contribution in [3.8, 4) is 6.07 Å². The van der Waals surface area contributed by atoms with E-state index in [-0.39, 0.29) is 20.4 Å². The van der Waals surface area contributed by atoms with Gasteiger partial charge in [0.1, 0.15) is 0 Å². The summed E-state index contributed by atoms with van der Waals surface area (Å²) in [5.74, 6) is 2.22. The third-order valence-corrected chi connectivity index (χ3v) is 9.29. The minimum Gasteiger partial charge on any atom is -0.319 e. The van der Waals surface area contributed by atoms with Crippen LogP contribution in [0.3, 0.4) is 0 Å². The van der Waals surface area contributed by atoms with Crippen LogP contribution in [0.25, 0.3) is 0 Å². The molecule has 0 N–H and O–H groups in total. The molecule has 3 heteroatoms. The number of benzene rings is 4. The number of fused-ring (bicyclic) bond motifs is 2. The number of hydrogen-bond acceptors (Lipinski definition) is 1. The van der Waals surface area contributed by atoms with Crippen LogP contribution < -0.4 is 15.9 Å². The van der Waals surface area contributed by atoms with Gasteiger partial charge in [-0.2, -0.15) is 17.4 Å². The summed E-state index contributed by atoms with van der Waals surface area (Å²) >= 11 is 0. The summed E-state index contributed by atoms with van der Waals surface area (Å²) in [4.78, 5) is 0. The summed E-state index contributed by atoms with van der Waals surface area (Å²) < 4.78 is 0. The molecule has 0 heterocycles. The van der Waals surface area contributed by atoms with E-state index in [1.807, 2.05) is 12.1 Å². The van der Waals surface area contributed by atoms with Crippen molar-refractivity contribution in [1.82, 2.24) is 0 Å². The first-order chi connectivity index (χ1) is 16.8. The molecule has 0 spiro atoms. The van der Waals surface area contributed by atoms with Crippen LogP contribution >= 0.6 is 7.92 Å². The van der Waals surface area contributed by atoms with E-state index in [0.717, 1.165) is 11.8 Å². The van der Waals surface area contributed by atoms with Crippen LogP contribution in [0, 0.1) is 35.7 Å². The van der Waals surface area contributed by atoms with Crippen LogP contribution in [-0.2, 0) is 20.4 Å². The van der Waals surface area contributed by atoms with Gasteiger partial charge >= 0.3 is 20.4 Å². The van der Waals surface area contributed by atoms with E-state index < -0.39 is 7.92 Å². The molecule has 2 bridgehead atoms. The Morgan fingerprint density at radius 3 is 1.69 bits per heavy atom. The van der Waals surface area contributed by atoms with Gasteiger partial charge < -0.3 is 6.42 Å². The van der Waals surface area contributed by atoms with Crippen molar-refractivity contribution in [2.75, 3.05) is 0 Å². The number of nitrogens with zero attached hydrogens (tertiary/aromatic N) is 1. The van der Waals surface area contributed by atoms with Crippen LogP contribution in [0.5, 0.6) is 0 Å². The maximum atomic E-state index is 8.85. The minimum atomic E-state index is -0.446. The second-order valence-electron chi connectivity index (χ2n) is 9.03. The molecule has 6 rings (SSSR count). The summed E-state index contributed by atoms with van der Waals surface area (Å²) in [6.07, 6.45) is 6.56. The second-order valence-corrected chi connectivity index (χ2v) is 11.2. The third-order valence-electron chi connectivity index (χ3n) is 6.84. The maximum absolute atomic E-state index is 8.85. The fourth-order valence-corrected chi connectivity index (χ4v) is 7.59. The molecule has 1 nitrogen and oxygen atoms in total. The molecule has 35 heavy (non-hydrogen) atoms. The molecule has 2 saturated carbocycles. The largest absolute Gasteiger partial charge is 2.00 e. The molecule has 0 saturated heterocycles. The van der Waals surface area contributed by atoms with E-state index in [9.17, 15) is 0 Å². The fourth-order valence-electron chi connectivity index (χ4n) is 5.29. The molecule has 2 aliphatic carbocycles. The molecular formula is C32H28NPPd. The molecule has 2 aliphatic rings. The summed E-state index contributed by atoms with van der Waals surface area (Å²) in [6.45, 7) is 0. The zero-order chi connectivity index (χ0) is 23.2. The number of nitriles is 1. The monoisotopic (exact) mass is 563 g/mol. The summed E-state index contributed by atoms with van der Waals surface area (Å²) in [6, 6.07) is 43.6. The van der Waals surface area contributed by atoms with Crippen molar-refractivity contribution >= 4 is 23.8 Å². The Balaban J connectivity index is 0.000000164. The van der Waals surface area contributed by atoms with Crippen LogP contribution in [0.2, 0.25) is 0 Å². The quantitative estimate of drug-likeness (QED) is 0.158. The first-order valence-electron chi connectivity index (χ1n) is 12.0. The van der Waals surface area contributed by atoms with Gasteiger partial charge in [0.15, 0.2) is 0 Å². The molecule has 176 valence electrons. The van der Waals surface area contributed by atoms with E-state index in [0.29, 0.717) is 11.5 Å². The molecule has 3 atom stereocenters. The molecule has 0 unspecified atom stereocenters. The Morgan fingerprint density at radius 2 is 1.26 bits per heavy atom. The molecule has 4 aromatic carbocycles. The molecule has 0 aliphatic heterocycles. The second kappa shape index (κ2) is 12.4. The standard InChI is InChI=1S/C18H15P.C14H13N.Pd/c1-4-10-16(11-5-1)19(17-12-6-2-7-13-17)18-14-8-3-9-15-18;15-9-11-2-1-3-12(7-11)14-8-10-4-5-13(14)6-10;/h1-15H;1-3,8,10,13-14H,4-6H2;/q;-2;+2/t;10-,13+,14-;/m.1./s1. The van der Waals surface area contributed by atoms with Gasteiger partial charge in [-0.15, -0.1) is 24.3 Å². The molecule has 0 amide bonds. The molecular weight excluding hydrogens is 536 g/mol. The van der Waals surface area contributed by atoms with Gasteiger partial charge in [-0.3, -0.25) is 5.26 Å². The molecule has 2 fully saturated rings. The van der Waals surface area contributed by atoms with Gasteiger partial charge in [-0.25, -0.2) is 0 Å². The number of hydrogen-bond donors (Lipinski definition) is 0. The van der Waals surface area contributed by atoms with E-state index in [1.54, 1.807) is 0 Å². The van der Waals surface area contributed by atoms with E-state index in [4.69, 9.17) is 5.26 Å². The van der Waals surface area contributed by atoms with E-state index in [2.05, 4.69) is 116 Å². The van der Waals surface area contributed by atoms with Crippen LogP contribution in [0.1, 0.15) is 36.3 Å². The van der Waals surface area contributed by atoms with Gasteiger partial charge in [0.25, 0.3) is 0 Å². The summed E-state index contributed by atoms with van der Waals surface area (Å²) in [7, 11) is -0.446. The Morgan fingerprint density at radius 1 is 0.714 bits per heavy atom. The SMILES string of the molecule is N#Cc1[c-]c([C@H]2[CH-][C@@H]3CC[C@H]2C3)ccc1.[Pd+2].c1ccc(P(c2ccccc2)c2ccccc2)cc1. The van der Waals surface area contributed by atoms with Gasteiger partial charge in [-0.05, 0) is 29.9 Å². The zero-order valence-corrected chi connectivity index (χ0v) is 22.0. The normalized spacial score (nSPS) is 19.8. The molecule has 0 radical (unpaired) electrons. The van der Waals surface area contributed by atoms with Crippen molar-refractivity contribution in [3.05, 3.63) is 133 Å². The Labute approximate surface area is 224 Å². The van der Waals surface area contributed by atoms with Crippen LogP contribution in [-0.4, -0.2) is 0 Å². The van der Waals surface area contributed by atoms with Gasteiger partial charge in [0, 0.05) is 0 Å². The predicted octanol–water partition coefficient (Wildman–Crippen LogP) is 6.52. The number of rotatable bonds is 4. The minimum absolute atomic E-state index is 0. The first-order valence-corrected chi connectivity index (χ1v) is 13.4. The van der Waals surface area contributed by atoms with Crippen molar-refractivity contribution in [2.24, 2.45) is 11.8 Å². The predicted molar refractivity (Wildman–Crippen MR) is 143 cm³/mol. The smallest absolute Gasteiger partial charge is 0.319 e. The maximum Gasteiger partial charge on any atom is 2.00 e. The van der Waals surface area contributed by atoms with E-state index >= 15 is 0 Å². The topological polar surface area (TPSA) is 23.8 Å². The van der Waals surface area contributed by atoms with Crippen LogP contribution in [0.15, 0.2) is 109 Å². The van der Waals surface area contributed by atoms with Crippen molar-refractivity contribution in [3.63, 3.8) is 0 Å². The average molecular weight is 564 g/mol. The van der Waals surface area contributed by atoms with Gasteiger partial charge in [0.2, 0.25) is 0 Å². The molecule has 0 aromatic heterocycles. The first kappa shape index (κ1) is 25.6. The third kappa shape index (κ3) is 6.18. The Kier molecular flexibility index (Phi) is 9.08. The van der Waals surface area contributed by atoms with Gasteiger partial charge in [0.05, 0.1) is 0 Å². The van der Waals surface area contributed by atoms with Gasteiger partial charge in [-0.1, -0.05) is 122 Å². The Hall–Kier alpha value is -2.54. The van der Waals surface area contributed by atoms with E-state index in [1.165, 1.54) is 40.7 Å². The van der Waals surface area contributed by atoms with Crippen LogP contribution in [0.4, 0.5) is 0 Å². The fraction of sp³-hybridized carbons (Fsp3) is 0.188. The Bertz CT molecular complexity index is 1140. The zero-order valence-electron chi connectivity index (χ0n) is 19.5. The van der Waals surface area contributed by atoms with Crippen molar-refractivity contribution in [1.29, 1.82) is 5.26 Å².